The molecule has 1 N–H and O–H groups in total. The molecule has 3 saturated heterocycles. The summed E-state index contributed by atoms with van der Waals surface area (Å²) in [6.45, 7) is 5.80. The Morgan fingerprint density at radius 1 is 1.18 bits per heavy atom. The van der Waals surface area contributed by atoms with Gasteiger partial charge in [-0.1, -0.05) is 18.2 Å². The molecule has 3 aliphatic heterocycles. The van der Waals surface area contributed by atoms with E-state index in [1.54, 1.807) is 13.2 Å². The number of aromatic nitrogens is 1. The van der Waals surface area contributed by atoms with E-state index in [1.807, 2.05) is 24.3 Å². The summed E-state index contributed by atoms with van der Waals surface area (Å²) < 4.78 is 44.5. The van der Waals surface area contributed by atoms with E-state index in [0.717, 1.165) is 43.5 Å². The number of methoxy groups -OCH3 is 1. The first-order valence-corrected chi connectivity index (χ1v) is 11.5. The fourth-order valence-corrected chi connectivity index (χ4v) is 5.49. The number of hydrogen-bond acceptors (Lipinski definition) is 4. The summed E-state index contributed by atoms with van der Waals surface area (Å²) in [5, 5.41) is 12.4. The van der Waals surface area contributed by atoms with Gasteiger partial charge in [0.05, 0.1) is 30.0 Å². The average molecular weight is 469 g/mol. The summed E-state index contributed by atoms with van der Waals surface area (Å²) >= 11 is 0. The number of nitrogens with zero attached hydrogens (tertiary/aromatic N) is 2. The molecule has 178 valence electrons. The van der Waals surface area contributed by atoms with E-state index in [1.165, 1.54) is 12.1 Å². The molecule has 0 radical (unpaired) electrons. The van der Waals surface area contributed by atoms with Crippen LogP contribution in [0.4, 0.5) is 13.2 Å². The van der Waals surface area contributed by atoms with Crippen molar-refractivity contribution < 1.29 is 23.0 Å². The molecule has 2 bridgehead atoms. The Labute approximate surface area is 196 Å². The van der Waals surface area contributed by atoms with E-state index in [0.29, 0.717) is 39.9 Å². The van der Waals surface area contributed by atoms with Crippen molar-refractivity contribution in [2.24, 2.45) is 11.8 Å². The lowest BCUT2D eigenvalue weighted by molar-refractivity contribution is -0.137. The third-order valence-corrected chi connectivity index (χ3v) is 7.39. The van der Waals surface area contributed by atoms with Gasteiger partial charge >= 0.3 is 6.18 Å². The van der Waals surface area contributed by atoms with Crippen molar-refractivity contribution in [3.05, 3.63) is 72.3 Å². The van der Waals surface area contributed by atoms with Crippen LogP contribution in [0.1, 0.15) is 30.1 Å². The number of pyridine rings is 1. The van der Waals surface area contributed by atoms with Crippen molar-refractivity contribution in [2.75, 3.05) is 20.2 Å². The van der Waals surface area contributed by atoms with Gasteiger partial charge in [-0.15, -0.1) is 6.58 Å². The molecule has 7 heteroatoms. The predicted octanol–water partition coefficient (Wildman–Crippen LogP) is 5.86. The summed E-state index contributed by atoms with van der Waals surface area (Å²) in [6.07, 6.45) is -1.16. The minimum absolute atomic E-state index is 0.0350. The second-order valence-corrected chi connectivity index (χ2v) is 9.25. The Morgan fingerprint density at radius 2 is 1.94 bits per heavy atom. The number of aliphatic hydroxyl groups excluding tert-OH is 1. The van der Waals surface area contributed by atoms with Crippen LogP contribution in [0, 0.1) is 11.8 Å². The van der Waals surface area contributed by atoms with Crippen molar-refractivity contribution in [1.82, 2.24) is 9.88 Å². The molecule has 5 atom stereocenters. The van der Waals surface area contributed by atoms with Gasteiger partial charge in [-0.2, -0.15) is 13.2 Å². The highest BCUT2D eigenvalue weighted by Crippen LogP contribution is 2.43. The first-order valence-electron chi connectivity index (χ1n) is 11.5. The molecule has 3 aromatic rings. The number of benzene rings is 2. The van der Waals surface area contributed by atoms with Gasteiger partial charge in [-0.25, -0.2) is 4.98 Å². The van der Waals surface area contributed by atoms with E-state index >= 15 is 0 Å². The molecule has 0 spiro atoms. The average Bonchev–Trinajstić information content (AvgIpc) is 2.87. The van der Waals surface area contributed by atoms with Gasteiger partial charge in [0.25, 0.3) is 0 Å². The van der Waals surface area contributed by atoms with Crippen LogP contribution in [-0.2, 0) is 6.18 Å². The van der Waals surface area contributed by atoms with Gasteiger partial charge in [0, 0.05) is 23.5 Å². The number of alkyl halides is 3. The Kier molecular flexibility index (Phi) is 5.86. The van der Waals surface area contributed by atoms with Crippen LogP contribution in [0.2, 0.25) is 0 Å². The molecule has 1 aromatic heterocycles. The van der Waals surface area contributed by atoms with Crippen LogP contribution >= 0.6 is 0 Å². The Balaban J connectivity index is 1.58. The Hall–Kier alpha value is -2.90. The maximum atomic E-state index is 13.0. The topological polar surface area (TPSA) is 45.6 Å². The van der Waals surface area contributed by atoms with Gasteiger partial charge in [0.2, 0.25) is 0 Å². The number of piperidine rings is 3. The highest BCUT2D eigenvalue weighted by molar-refractivity contribution is 5.87. The number of rotatable bonds is 5. The quantitative estimate of drug-likeness (QED) is 0.477. The second-order valence-electron chi connectivity index (χ2n) is 9.25. The summed E-state index contributed by atoms with van der Waals surface area (Å²) in [4.78, 5) is 7.03. The van der Waals surface area contributed by atoms with E-state index in [9.17, 15) is 18.3 Å². The molecule has 4 nitrogen and oxygen atoms in total. The molecular weight excluding hydrogens is 441 g/mol. The highest BCUT2D eigenvalue weighted by atomic mass is 19.4. The van der Waals surface area contributed by atoms with Gasteiger partial charge in [-0.05, 0) is 73.2 Å². The third-order valence-electron chi connectivity index (χ3n) is 7.39. The molecule has 34 heavy (non-hydrogen) atoms. The SMILES string of the molecule is C=C[C@H]1CN2CC[C@H]1C[C@H]2[C@H](O)c1cc(-c2ccc(C(F)(F)F)cc2)nc2ccc(OC)cc12. The van der Waals surface area contributed by atoms with E-state index < -0.39 is 17.8 Å². The van der Waals surface area contributed by atoms with Crippen LogP contribution in [0.15, 0.2) is 61.2 Å². The largest absolute Gasteiger partial charge is 0.497 e. The molecule has 2 aromatic carbocycles. The Bertz CT molecular complexity index is 1210. The minimum Gasteiger partial charge on any atom is -0.497 e. The van der Waals surface area contributed by atoms with Crippen molar-refractivity contribution in [2.45, 2.75) is 31.2 Å². The monoisotopic (exact) mass is 468 g/mol. The standard InChI is InChI=1S/C27H27F3N2O2/c1-3-16-15-32-11-10-18(16)12-25(32)26(33)22-14-24(17-4-6-19(7-5-17)27(28,29)30)31-23-9-8-20(34-2)13-21(22)23/h3-9,13-14,16,18,25-26,33H,1,10-12,15H2,2H3/t16-,18-,25-,26+/m0/s1. The fourth-order valence-electron chi connectivity index (χ4n) is 5.49. The maximum Gasteiger partial charge on any atom is 0.416 e. The predicted molar refractivity (Wildman–Crippen MR) is 125 cm³/mol. The van der Waals surface area contributed by atoms with Gasteiger partial charge in [0.15, 0.2) is 0 Å². The van der Waals surface area contributed by atoms with Gasteiger partial charge < -0.3 is 9.84 Å². The third kappa shape index (κ3) is 4.07. The highest BCUT2D eigenvalue weighted by Gasteiger charge is 2.42. The second kappa shape index (κ2) is 8.71. The van der Waals surface area contributed by atoms with Crippen molar-refractivity contribution in [3.8, 4) is 17.0 Å². The molecule has 1 unspecified atom stereocenters. The molecule has 0 aliphatic carbocycles. The summed E-state index contributed by atoms with van der Waals surface area (Å²) in [6, 6.07) is 12.2. The fraction of sp³-hybridized carbons (Fsp3) is 0.370. The van der Waals surface area contributed by atoms with Crippen LogP contribution in [0.5, 0.6) is 5.75 Å². The van der Waals surface area contributed by atoms with Crippen LogP contribution < -0.4 is 4.74 Å². The van der Waals surface area contributed by atoms with Crippen molar-refractivity contribution in [1.29, 1.82) is 0 Å². The van der Waals surface area contributed by atoms with Crippen molar-refractivity contribution >= 4 is 10.9 Å². The number of ether oxygens (including phenoxy) is 1. The molecule has 0 saturated carbocycles. The molecule has 3 fully saturated rings. The van der Waals surface area contributed by atoms with Crippen molar-refractivity contribution in [3.63, 3.8) is 0 Å². The lowest BCUT2D eigenvalue weighted by Gasteiger charge is -2.50. The zero-order valence-corrected chi connectivity index (χ0v) is 18.9. The normalized spacial score (nSPS) is 25.3. The summed E-state index contributed by atoms with van der Waals surface area (Å²) in [5.41, 5.74) is 1.76. The number of hydrogen-bond donors (Lipinski definition) is 1. The van der Waals surface area contributed by atoms with E-state index in [4.69, 9.17) is 9.72 Å². The van der Waals surface area contributed by atoms with Crippen LogP contribution in [0.25, 0.3) is 22.2 Å². The van der Waals surface area contributed by atoms with Crippen LogP contribution in [0.3, 0.4) is 0 Å². The smallest absolute Gasteiger partial charge is 0.416 e. The maximum absolute atomic E-state index is 13.0. The molecule has 3 aliphatic rings. The van der Waals surface area contributed by atoms with Gasteiger partial charge in [-0.3, -0.25) is 4.90 Å². The molecule has 6 rings (SSSR count). The molecular formula is C27H27F3N2O2. The Morgan fingerprint density at radius 3 is 2.56 bits per heavy atom. The zero-order valence-electron chi connectivity index (χ0n) is 18.9. The minimum atomic E-state index is -4.40. The first kappa shape index (κ1) is 22.9. The zero-order chi connectivity index (χ0) is 24.0. The lowest BCUT2D eigenvalue weighted by atomic mass is 9.73. The van der Waals surface area contributed by atoms with Crippen LogP contribution in [-0.4, -0.2) is 41.2 Å². The number of halogens is 3. The van der Waals surface area contributed by atoms with E-state index in [2.05, 4.69) is 11.5 Å². The number of fused-ring (bicyclic) bond motifs is 4. The summed E-state index contributed by atoms with van der Waals surface area (Å²) in [5.74, 6) is 1.59. The summed E-state index contributed by atoms with van der Waals surface area (Å²) in [7, 11) is 1.59. The van der Waals surface area contributed by atoms with Gasteiger partial charge in [0.1, 0.15) is 5.75 Å². The molecule has 0 amide bonds. The lowest BCUT2D eigenvalue weighted by Crippen LogP contribution is -2.54. The molecule has 4 heterocycles. The van der Waals surface area contributed by atoms with E-state index in [-0.39, 0.29) is 6.04 Å². The first-order chi connectivity index (χ1) is 16.3. The number of aliphatic hydroxyl groups is 1.